The Kier molecular flexibility index (Phi) is 3.68. The van der Waals surface area contributed by atoms with Crippen LogP contribution in [-0.4, -0.2) is 19.9 Å². The summed E-state index contributed by atoms with van der Waals surface area (Å²) in [6.07, 6.45) is 7.16. The van der Waals surface area contributed by atoms with E-state index < -0.39 is 0 Å². The number of fused-ring (bicyclic) bond motifs is 2. The minimum atomic E-state index is 0.770. The molecular formula is C22H15N5. The van der Waals surface area contributed by atoms with Crippen molar-refractivity contribution in [1.29, 1.82) is 0 Å². The van der Waals surface area contributed by atoms with Crippen LogP contribution in [0.1, 0.15) is 0 Å². The van der Waals surface area contributed by atoms with Crippen molar-refractivity contribution in [2.75, 3.05) is 5.32 Å². The van der Waals surface area contributed by atoms with E-state index in [2.05, 4.69) is 32.4 Å². The first-order valence-corrected chi connectivity index (χ1v) is 8.65. The highest BCUT2D eigenvalue weighted by molar-refractivity contribution is 5.97. The van der Waals surface area contributed by atoms with Crippen molar-refractivity contribution in [3.8, 4) is 11.3 Å². The minimum absolute atomic E-state index is 0.770. The summed E-state index contributed by atoms with van der Waals surface area (Å²) in [5.41, 5.74) is 4.46. The highest BCUT2D eigenvalue weighted by atomic mass is 15.0. The number of benzene rings is 1. The Hall–Kier alpha value is -3.86. The van der Waals surface area contributed by atoms with Crippen molar-refractivity contribution in [1.82, 2.24) is 19.9 Å². The SMILES string of the molecule is c1ccc(-c2cc(Nc3nccc4cnccc34)c3ncccc3n2)cc1. The minimum Gasteiger partial charge on any atom is -0.338 e. The Balaban J connectivity index is 1.70. The van der Waals surface area contributed by atoms with Crippen molar-refractivity contribution >= 4 is 33.3 Å². The number of rotatable bonds is 3. The molecule has 0 saturated carbocycles. The molecule has 5 rings (SSSR count). The Morgan fingerprint density at radius 3 is 2.63 bits per heavy atom. The Morgan fingerprint density at radius 1 is 0.778 bits per heavy atom. The molecule has 0 saturated heterocycles. The van der Waals surface area contributed by atoms with E-state index in [-0.39, 0.29) is 0 Å². The molecule has 27 heavy (non-hydrogen) atoms. The first-order valence-electron chi connectivity index (χ1n) is 8.65. The number of hydrogen-bond donors (Lipinski definition) is 1. The van der Waals surface area contributed by atoms with Crippen LogP contribution >= 0.6 is 0 Å². The molecule has 0 radical (unpaired) electrons. The molecule has 0 unspecified atom stereocenters. The van der Waals surface area contributed by atoms with Crippen LogP contribution in [0.3, 0.4) is 0 Å². The Morgan fingerprint density at radius 2 is 1.70 bits per heavy atom. The van der Waals surface area contributed by atoms with E-state index in [1.165, 1.54) is 0 Å². The lowest BCUT2D eigenvalue weighted by atomic mass is 10.1. The van der Waals surface area contributed by atoms with Gasteiger partial charge in [0.1, 0.15) is 11.3 Å². The van der Waals surface area contributed by atoms with Gasteiger partial charge in [-0.05, 0) is 30.3 Å². The predicted molar refractivity (Wildman–Crippen MR) is 108 cm³/mol. The van der Waals surface area contributed by atoms with Crippen LogP contribution in [0.2, 0.25) is 0 Å². The highest BCUT2D eigenvalue weighted by Gasteiger charge is 2.11. The van der Waals surface area contributed by atoms with E-state index >= 15 is 0 Å². The van der Waals surface area contributed by atoms with Gasteiger partial charge in [-0.25, -0.2) is 9.97 Å². The number of anilines is 2. The smallest absolute Gasteiger partial charge is 0.138 e. The largest absolute Gasteiger partial charge is 0.338 e. The summed E-state index contributed by atoms with van der Waals surface area (Å²) >= 11 is 0. The van der Waals surface area contributed by atoms with Gasteiger partial charge in [-0.2, -0.15) is 0 Å². The molecule has 1 N–H and O–H groups in total. The Bertz CT molecular complexity index is 1250. The second kappa shape index (κ2) is 6.46. The van der Waals surface area contributed by atoms with Crippen LogP contribution in [0.4, 0.5) is 11.5 Å². The molecule has 5 nitrogen and oxygen atoms in total. The molecule has 0 aliphatic heterocycles. The van der Waals surface area contributed by atoms with Crippen molar-refractivity contribution in [2.45, 2.75) is 0 Å². The van der Waals surface area contributed by atoms with Crippen LogP contribution in [0.25, 0.3) is 33.1 Å². The van der Waals surface area contributed by atoms with Gasteiger partial charge >= 0.3 is 0 Å². The molecule has 0 atom stereocenters. The maximum atomic E-state index is 4.78. The standard InChI is InChI=1S/C22H15N5/c1-2-5-15(6-3-1)19-13-20(21-18(26-19)7-4-10-24-21)27-22-17-9-11-23-14-16(17)8-12-25-22/h1-14H,(H,25,26,27). The van der Waals surface area contributed by atoms with E-state index in [9.17, 15) is 0 Å². The summed E-state index contributed by atoms with van der Waals surface area (Å²) in [5, 5.41) is 5.50. The lowest BCUT2D eigenvalue weighted by Gasteiger charge is -2.12. The van der Waals surface area contributed by atoms with Crippen LogP contribution in [0.15, 0.2) is 85.5 Å². The summed E-state index contributed by atoms with van der Waals surface area (Å²) in [4.78, 5) is 18.0. The summed E-state index contributed by atoms with van der Waals surface area (Å²) in [7, 11) is 0. The maximum absolute atomic E-state index is 4.78. The van der Waals surface area contributed by atoms with Gasteiger partial charge in [0, 0.05) is 41.1 Å². The van der Waals surface area contributed by atoms with Gasteiger partial charge in [-0.3, -0.25) is 9.97 Å². The molecule has 1 aromatic carbocycles. The van der Waals surface area contributed by atoms with E-state index in [1.54, 1.807) is 18.6 Å². The van der Waals surface area contributed by atoms with Gasteiger partial charge < -0.3 is 5.32 Å². The lowest BCUT2D eigenvalue weighted by Crippen LogP contribution is -1.99. The molecular weight excluding hydrogens is 334 g/mol. The monoisotopic (exact) mass is 349 g/mol. The topological polar surface area (TPSA) is 63.6 Å². The van der Waals surface area contributed by atoms with Gasteiger partial charge in [0.15, 0.2) is 0 Å². The van der Waals surface area contributed by atoms with E-state index in [1.807, 2.05) is 54.7 Å². The number of hydrogen-bond acceptors (Lipinski definition) is 5. The van der Waals surface area contributed by atoms with Gasteiger partial charge in [-0.15, -0.1) is 0 Å². The van der Waals surface area contributed by atoms with Gasteiger partial charge in [-0.1, -0.05) is 30.3 Å². The van der Waals surface area contributed by atoms with E-state index in [0.717, 1.165) is 44.6 Å². The third-order valence-corrected chi connectivity index (χ3v) is 4.45. The molecule has 0 aliphatic carbocycles. The molecule has 0 fully saturated rings. The normalized spacial score (nSPS) is 11.0. The third-order valence-electron chi connectivity index (χ3n) is 4.45. The molecule has 5 aromatic rings. The van der Waals surface area contributed by atoms with Crippen LogP contribution in [-0.2, 0) is 0 Å². The van der Waals surface area contributed by atoms with Crippen molar-refractivity contribution in [2.24, 2.45) is 0 Å². The quantitative estimate of drug-likeness (QED) is 0.497. The molecule has 5 heteroatoms. The fraction of sp³-hybridized carbons (Fsp3) is 0. The molecule has 0 spiro atoms. The first-order chi connectivity index (χ1) is 13.4. The number of aromatic nitrogens is 4. The van der Waals surface area contributed by atoms with Crippen LogP contribution in [0, 0.1) is 0 Å². The second-order valence-electron chi connectivity index (χ2n) is 6.17. The maximum Gasteiger partial charge on any atom is 0.138 e. The van der Waals surface area contributed by atoms with Crippen molar-refractivity contribution in [3.05, 3.63) is 85.5 Å². The lowest BCUT2D eigenvalue weighted by molar-refractivity contribution is 1.29. The number of pyridine rings is 4. The average molecular weight is 349 g/mol. The predicted octanol–water partition coefficient (Wildman–Crippen LogP) is 4.98. The average Bonchev–Trinajstić information content (AvgIpc) is 2.74. The van der Waals surface area contributed by atoms with Crippen molar-refractivity contribution in [3.63, 3.8) is 0 Å². The molecule has 0 bridgehead atoms. The van der Waals surface area contributed by atoms with Gasteiger partial charge in [0.25, 0.3) is 0 Å². The zero-order valence-corrected chi connectivity index (χ0v) is 14.4. The molecule has 0 aliphatic rings. The van der Waals surface area contributed by atoms with Crippen molar-refractivity contribution < 1.29 is 0 Å². The number of nitrogens with zero attached hydrogens (tertiary/aromatic N) is 4. The summed E-state index contributed by atoms with van der Waals surface area (Å²) in [6, 6.07) is 19.9. The Labute approximate surface area is 155 Å². The van der Waals surface area contributed by atoms with Crippen LogP contribution < -0.4 is 5.32 Å². The van der Waals surface area contributed by atoms with Gasteiger partial charge in [0.2, 0.25) is 0 Å². The summed E-state index contributed by atoms with van der Waals surface area (Å²) < 4.78 is 0. The molecule has 0 amide bonds. The zero-order valence-electron chi connectivity index (χ0n) is 14.4. The fourth-order valence-corrected chi connectivity index (χ4v) is 3.16. The fourth-order valence-electron chi connectivity index (χ4n) is 3.16. The first kappa shape index (κ1) is 15.4. The molecule has 128 valence electrons. The molecule has 4 heterocycles. The van der Waals surface area contributed by atoms with E-state index in [4.69, 9.17) is 4.98 Å². The van der Waals surface area contributed by atoms with Gasteiger partial charge in [0.05, 0.1) is 16.9 Å². The zero-order chi connectivity index (χ0) is 18.1. The summed E-state index contributed by atoms with van der Waals surface area (Å²) in [6.45, 7) is 0. The second-order valence-corrected chi connectivity index (χ2v) is 6.17. The van der Waals surface area contributed by atoms with E-state index in [0.29, 0.717) is 0 Å². The third kappa shape index (κ3) is 2.85. The van der Waals surface area contributed by atoms with Crippen LogP contribution in [0.5, 0.6) is 0 Å². The summed E-state index contributed by atoms with van der Waals surface area (Å²) in [5.74, 6) is 0.770. The molecule has 4 aromatic heterocycles. The highest BCUT2D eigenvalue weighted by Crippen LogP contribution is 2.30. The number of nitrogens with one attached hydrogen (secondary N) is 1.